The van der Waals surface area contributed by atoms with Crippen molar-refractivity contribution < 1.29 is 0 Å². The van der Waals surface area contributed by atoms with Crippen LogP contribution in [0.3, 0.4) is 0 Å². The van der Waals surface area contributed by atoms with Crippen molar-refractivity contribution in [3.05, 3.63) is 60.0 Å². The van der Waals surface area contributed by atoms with Gasteiger partial charge in [-0.05, 0) is 24.1 Å². The zero-order chi connectivity index (χ0) is 13.2. The van der Waals surface area contributed by atoms with Crippen LogP contribution in [0.1, 0.15) is 17.3 Å². The number of aromatic nitrogens is 3. The van der Waals surface area contributed by atoms with Gasteiger partial charge in [0, 0.05) is 24.8 Å². The molecule has 0 fully saturated rings. The zero-order valence-corrected chi connectivity index (χ0v) is 10.8. The summed E-state index contributed by atoms with van der Waals surface area (Å²) in [5.41, 5.74) is 9.49. The lowest BCUT2D eigenvalue weighted by Crippen LogP contribution is -2.14. The van der Waals surface area contributed by atoms with Gasteiger partial charge in [0.1, 0.15) is 0 Å². The Kier molecular flexibility index (Phi) is 3.01. The minimum absolute atomic E-state index is 0.115. The maximum atomic E-state index is 6.30. The highest BCUT2D eigenvalue weighted by Gasteiger charge is 2.15. The highest BCUT2D eigenvalue weighted by molar-refractivity contribution is 5.82. The highest BCUT2D eigenvalue weighted by Crippen LogP contribution is 2.23. The third-order valence-electron chi connectivity index (χ3n) is 3.32. The maximum Gasteiger partial charge on any atom is 0.0873 e. The Balaban J connectivity index is 1.96. The number of para-hydroxylation sites is 1. The highest BCUT2D eigenvalue weighted by atomic mass is 15.3. The van der Waals surface area contributed by atoms with Crippen LogP contribution in [0.5, 0.6) is 0 Å². The van der Waals surface area contributed by atoms with Gasteiger partial charge in [-0.25, -0.2) is 0 Å². The molecule has 2 aromatic heterocycles. The van der Waals surface area contributed by atoms with E-state index in [1.54, 1.807) is 6.20 Å². The van der Waals surface area contributed by atoms with Gasteiger partial charge < -0.3 is 5.73 Å². The monoisotopic (exact) mass is 252 g/mol. The normalized spacial score (nSPS) is 12.7. The summed E-state index contributed by atoms with van der Waals surface area (Å²) in [4.78, 5) is 4.12. The van der Waals surface area contributed by atoms with E-state index in [9.17, 15) is 0 Å². The average molecular weight is 252 g/mol. The number of hydrogen-bond acceptors (Lipinski definition) is 3. The molecule has 2 N–H and O–H groups in total. The van der Waals surface area contributed by atoms with Crippen LogP contribution in [-0.2, 0) is 13.5 Å². The Morgan fingerprint density at radius 1 is 1.21 bits per heavy atom. The van der Waals surface area contributed by atoms with Crippen LogP contribution < -0.4 is 5.73 Å². The lowest BCUT2D eigenvalue weighted by molar-refractivity contribution is 0.664. The number of rotatable bonds is 3. The molecule has 0 bridgehead atoms. The van der Waals surface area contributed by atoms with E-state index in [2.05, 4.69) is 22.2 Å². The van der Waals surface area contributed by atoms with Crippen molar-refractivity contribution in [2.75, 3.05) is 0 Å². The summed E-state index contributed by atoms with van der Waals surface area (Å²) in [6.45, 7) is 0. The van der Waals surface area contributed by atoms with E-state index in [0.29, 0.717) is 0 Å². The lowest BCUT2D eigenvalue weighted by atomic mass is 10.0. The summed E-state index contributed by atoms with van der Waals surface area (Å²) in [5.74, 6) is 0. The molecule has 4 nitrogen and oxygen atoms in total. The summed E-state index contributed by atoms with van der Waals surface area (Å²) in [7, 11) is 1.95. The largest absolute Gasteiger partial charge is 0.322 e. The van der Waals surface area contributed by atoms with Gasteiger partial charge in [-0.1, -0.05) is 24.3 Å². The topological polar surface area (TPSA) is 56.7 Å². The summed E-state index contributed by atoms with van der Waals surface area (Å²) in [6.07, 6.45) is 4.37. The predicted octanol–water partition coefficient (Wildman–Crippen LogP) is 2.21. The van der Waals surface area contributed by atoms with E-state index in [1.807, 2.05) is 42.2 Å². The van der Waals surface area contributed by atoms with Gasteiger partial charge in [0.25, 0.3) is 0 Å². The molecule has 96 valence electrons. The molecule has 0 aliphatic heterocycles. The third kappa shape index (κ3) is 2.22. The van der Waals surface area contributed by atoms with Crippen LogP contribution in [0, 0.1) is 0 Å². The van der Waals surface area contributed by atoms with Crippen LogP contribution in [0.4, 0.5) is 0 Å². The fourth-order valence-electron chi connectivity index (χ4n) is 2.39. The number of nitrogens with zero attached hydrogens (tertiary/aromatic N) is 3. The summed E-state index contributed by atoms with van der Waals surface area (Å²) in [6, 6.07) is 12.0. The van der Waals surface area contributed by atoms with E-state index >= 15 is 0 Å². The first-order chi connectivity index (χ1) is 9.25. The van der Waals surface area contributed by atoms with Gasteiger partial charge in [0.2, 0.25) is 0 Å². The molecule has 1 unspecified atom stereocenters. The number of hydrogen-bond donors (Lipinski definition) is 1. The molecule has 2 heterocycles. The van der Waals surface area contributed by atoms with Crippen molar-refractivity contribution in [2.45, 2.75) is 12.5 Å². The Bertz CT molecular complexity index is 688. The Morgan fingerprint density at radius 3 is 2.84 bits per heavy atom. The number of benzene rings is 1. The molecule has 19 heavy (non-hydrogen) atoms. The number of aryl methyl sites for hydroxylation is 1. The molecule has 1 aromatic carbocycles. The minimum Gasteiger partial charge on any atom is -0.322 e. The average Bonchev–Trinajstić information content (AvgIpc) is 2.78. The maximum absolute atomic E-state index is 6.30. The zero-order valence-electron chi connectivity index (χ0n) is 10.8. The molecule has 1 atom stereocenters. The van der Waals surface area contributed by atoms with Crippen molar-refractivity contribution in [1.29, 1.82) is 0 Å². The van der Waals surface area contributed by atoms with Crippen molar-refractivity contribution in [3.8, 4) is 0 Å². The summed E-state index contributed by atoms with van der Waals surface area (Å²) in [5, 5.41) is 5.68. The second kappa shape index (κ2) is 4.82. The van der Waals surface area contributed by atoms with Gasteiger partial charge in [0.15, 0.2) is 0 Å². The third-order valence-corrected chi connectivity index (χ3v) is 3.32. The van der Waals surface area contributed by atoms with Crippen LogP contribution in [0.2, 0.25) is 0 Å². The smallest absolute Gasteiger partial charge is 0.0873 e. The van der Waals surface area contributed by atoms with Crippen LogP contribution in [-0.4, -0.2) is 14.8 Å². The molecule has 0 saturated carbocycles. The number of pyridine rings is 1. The first-order valence-electron chi connectivity index (χ1n) is 6.32. The fourth-order valence-corrected chi connectivity index (χ4v) is 2.39. The van der Waals surface area contributed by atoms with Crippen LogP contribution >= 0.6 is 0 Å². The standard InChI is InChI=1S/C15H16N4/c1-19-14-7-3-2-6-12(14)15(18-19)13(16)9-11-5-4-8-17-10-11/h2-8,10,13H,9,16H2,1H3. The SMILES string of the molecule is Cn1nc(C(N)Cc2cccnc2)c2ccccc21. The van der Waals surface area contributed by atoms with Gasteiger partial charge in [-0.15, -0.1) is 0 Å². The van der Waals surface area contributed by atoms with Gasteiger partial charge in [-0.2, -0.15) is 5.10 Å². The van der Waals surface area contributed by atoms with Gasteiger partial charge >= 0.3 is 0 Å². The van der Waals surface area contributed by atoms with Gasteiger partial charge in [0.05, 0.1) is 17.3 Å². The van der Waals surface area contributed by atoms with Crippen LogP contribution in [0.25, 0.3) is 10.9 Å². The number of fused-ring (bicyclic) bond motifs is 1. The molecule has 0 aliphatic rings. The molecular formula is C15H16N4. The summed E-state index contributed by atoms with van der Waals surface area (Å²) < 4.78 is 1.88. The molecule has 3 aromatic rings. The van der Waals surface area contributed by atoms with Crippen molar-refractivity contribution in [3.63, 3.8) is 0 Å². The number of nitrogens with two attached hydrogens (primary N) is 1. The van der Waals surface area contributed by atoms with E-state index in [4.69, 9.17) is 5.73 Å². The second-order valence-electron chi connectivity index (χ2n) is 4.70. The molecule has 0 amide bonds. The van der Waals surface area contributed by atoms with Crippen LogP contribution in [0.15, 0.2) is 48.8 Å². The van der Waals surface area contributed by atoms with Crippen molar-refractivity contribution in [2.24, 2.45) is 12.8 Å². The Labute approximate surface area is 111 Å². The first-order valence-corrected chi connectivity index (χ1v) is 6.32. The molecule has 3 rings (SSSR count). The van der Waals surface area contributed by atoms with E-state index < -0.39 is 0 Å². The molecule has 0 radical (unpaired) electrons. The second-order valence-corrected chi connectivity index (χ2v) is 4.70. The predicted molar refractivity (Wildman–Crippen MR) is 75.6 cm³/mol. The lowest BCUT2D eigenvalue weighted by Gasteiger charge is -2.09. The molecule has 0 aliphatic carbocycles. The Morgan fingerprint density at radius 2 is 2.05 bits per heavy atom. The molecular weight excluding hydrogens is 236 g/mol. The van der Waals surface area contributed by atoms with Crippen molar-refractivity contribution in [1.82, 2.24) is 14.8 Å². The van der Waals surface area contributed by atoms with E-state index in [1.165, 1.54) is 0 Å². The van der Waals surface area contributed by atoms with E-state index in [0.717, 1.165) is 28.6 Å². The molecule has 0 spiro atoms. The van der Waals surface area contributed by atoms with Crippen molar-refractivity contribution >= 4 is 10.9 Å². The minimum atomic E-state index is -0.115. The molecule has 4 heteroatoms. The Hall–Kier alpha value is -2.20. The molecule has 0 saturated heterocycles. The van der Waals surface area contributed by atoms with Gasteiger partial charge in [-0.3, -0.25) is 9.67 Å². The first kappa shape index (κ1) is 11.9. The van der Waals surface area contributed by atoms with E-state index in [-0.39, 0.29) is 6.04 Å². The summed E-state index contributed by atoms with van der Waals surface area (Å²) >= 11 is 0. The fraction of sp³-hybridized carbons (Fsp3) is 0.200. The quantitative estimate of drug-likeness (QED) is 0.777.